The van der Waals surface area contributed by atoms with Crippen LogP contribution in [0.1, 0.15) is 26.7 Å². The van der Waals surface area contributed by atoms with E-state index < -0.39 is 17.3 Å². The van der Waals surface area contributed by atoms with Crippen molar-refractivity contribution in [3.05, 3.63) is 11.8 Å². The summed E-state index contributed by atoms with van der Waals surface area (Å²) < 4.78 is 16.4. The number of ether oxygens (including phenoxy) is 3. The Bertz CT molecular complexity index is 581. The van der Waals surface area contributed by atoms with Crippen LogP contribution in [-0.2, 0) is 19.0 Å². The molecule has 5 nitrogen and oxygen atoms in total. The van der Waals surface area contributed by atoms with Crippen molar-refractivity contribution in [3.63, 3.8) is 0 Å². The lowest BCUT2D eigenvalue weighted by atomic mass is 9.98. The smallest absolute Gasteiger partial charge is 0.302 e. The summed E-state index contributed by atoms with van der Waals surface area (Å²) in [6.07, 6.45) is 1.04. The Morgan fingerprint density at radius 2 is 2.32 bits per heavy atom. The number of hydrogen-bond donors (Lipinski definition) is 1. The maximum Gasteiger partial charge on any atom is 0.302 e. The van der Waals surface area contributed by atoms with Gasteiger partial charge in [0, 0.05) is 19.4 Å². The fourth-order valence-electron chi connectivity index (χ4n) is 2.40. The van der Waals surface area contributed by atoms with Gasteiger partial charge in [-0.25, -0.2) is 0 Å². The number of carbonyl (C=O) groups is 1. The highest BCUT2D eigenvalue weighted by Gasteiger charge is 2.55. The summed E-state index contributed by atoms with van der Waals surface area (Å²) >= 11 is 6.17. The zero-order valence-corrected chi connectivity index (χ0v) is 13.1. The first-order valence-corrected chi connectivity index (χ1v) is 7.37. The number of alkyl halides is 1. The van der Waals surface area contributed by atoms with Crippen LogP contribution < -0.4 is 0 Å². The van der Waals surface area contributed by atoms with Gasteiger partial charge in [-0.1, -0.05) is 11.8 Å². The van der Waals surface area contributed by atoms with Crippen molar-refractivity contribution in [2.75, 3.05) is 6.61 Å². The average Bonchev–Trinajstić information content (AvgIpc) is 2.71. The van der Waals surface area contributed by atoms with Crippen LogP contribution in [0, 0.1) is 23.7 Å². The summed E-state index contributed by atoms with van der Waals surface area (Å²) in [5, 5.41) is 9.57. The molecule has 0 radical (unpaired) electrons. The van der Waals surface area contributed by atoms with Crippen LogP contribution in [0.5, 0.6) is 0 Å². The highest BCUT2D eigenvalue weighted by atomic mass is 35.5. The molecular weight excluding hydrogens is 308 g/mol. The highest BCUT2D eigenvalue weighted by molar-refractivity contribution is 6.23. The van der Waals surface area contributed by atoms with Gasteiger partial charge in [0.2, 0.25) is 5.79 Å². The lowest BCUT2D eigenvalue weighted by Crippen LogP contribution is -2.50. The van der Waals surface area contributed by atoms with Gasteiger partial charge >= 0.3 is 5.97 Å². The van der Waals surface area contributed by atoms with Crippen LogP contribution in [0.4, 0.5) is 0 Å². The number of aliphatic hydroxyl groups is 1. The quantitative estimate of drug-likeness (QED) is 0.448. The van der Waals surface area contributed by atoms with Gasteiger partial charge in [-0.05, 0) is 25.2 Å². The molecule has 2 rings (SSSR count). The average molecular weight is 325 g/mol. The first-order chi connectivity index (χ1) is 10.5. The van der Waals surface area contributed by atoms with Gasteiger partial charge < -0.3 is 19.3 Å². The standard InChI is InChI=1S/C16H17ClO5/c1-3-4-5-6-7-13-14(17)15(19)16(22-13)9-8-12(10-20-16)21-11(2)18/h7,12,14-15,19H,8-10H2,1-2H3. The topological polar surface area (TPSA) is 65.0 Å². The van der Waals surface area contributed by atoms with Crippen molar-refractivity contribution in [1.29, 1.82) is 0 Å². The van der Waals surface area contributed by atoms with Gasteiger partial charge in [0.25, 0.3) is 0 Å². The maximum atomic E-state index is 10.9. The molecule has 0 bridgehead atoms. The molecular formula is C16H17ClO5. The molecule has 4 atom stereocenters. The Labute approximate surface area is 134 Å². The summed E-state index contributed by atoms with van der Waals surface area (Å²) in [6, 6.07) is 0. The number of aliphatic hydroxyl groups excluding tert-OH is 1. The Kier molecular flexibility index (Phi) is 5.37. The molecule has 118 valence electrons. The molecule has 0 saturated carbocycles. The van der Waals surface area contributed by atoms with Crippen LogP contribution in [0.3, 0.4) is 0 Å². The Morgan fingerprint density at radius 1 is 1.55 bits per heavy atom. The van der Waals surface area contributed by atoms with Gasteiger partial charge in [0.05, 0.1) is 6.61 Å². The molecule has 2 fully saturated rings. The number of rotatable bonds is 1. The molecule has 22 heavy (non-hydrogen) atoms. The Balaban J connectivity index is 2.06. The van der Waals surface area contributed by atoms with Gasteiger partial charge in [0.1, 0.15) is 23.3 Å². The van der Waals surface area contributed by atoms with E-state index in [9.17, 15) is 9.90 Å². The van der Waals surface area contributed by atoms with E-state index in [-0.39, 0.29) is 18.7 Å². The van der Waals surface area contributed by atoms with Gasteiger partial charge in [-0.15, -0.1) is 11.6 Å². The molecule has 1 spiro atoms. The minimum atomic E-state index is -1.20. The molecule has 6 heteroatoms. The molecule has 0 aromatic carbocycles. The summed E-state index contributed by atoms with van der Waals surface area (Å²) in [7, 11) is 0. The zero-order chi connectivity index (χ0) is 16.2. The van der Waals surface area contributed by atoms with E-state index in [1.807, 2.05) is 0 Å². The first-order valence-electron chi connectivity index (χ1n) is 6.93. The fourth-order valence-corrected chi connectivity index (χ4v) is 2.70. The largest absolute Gasteiger partial charge is 0.461 e. The molecule has 0 aromatic rings. The molecule has 4 unspecified atom stereocenters. The maximum absolute atomic E-state index is 10.9. The highest BCUT2D eigenvalue weighted by Crippen LogP contribution is 2.43. The van der Waals surface area contributed by atoms with Crippen LogP contribution in [0.25, 0.3) is 0 Å². The molecule has 2 heterocycles. The summed E-state index contributed by atoms with van der Waals surface area (Å²) in [4.78, 5) is 10.9. The number of halogens is 1. The van der Waals surface area contributed by atoms with Gasteiger partial charge in [-0.3, -0.25) is 4.79 Å². The summed E-state index contributed by atoms with van der Waals surface area (Å²) in [5.74, 6) is 9.35. The molecule has 1 N–H and O–H groups in total. The van der Waals surface area contributed by atoms with E-state index in [1.165, 1.54) is 13.0 Å². The van der Waals surface area contributed by atoms with Crippen molar-refractivity contribution in [2.45, 2.75) is 50.1 Å². The summed E-state index contributed by atoms with van der Waals surface area (Å²) in [5.41, 5.74) is 0. The third-order valence-corrected chi connectivity index (χ3v) is 3.88. The second-order valence-corrected chi connectivity index (χ2v) is 5.50. The van der Waals surface area contributed by atoms with Crippen LogP contribution >= 0.6 is 11.6 Å². The summed E-state index contributed by atoms with van der Waals surface area (Å²) in [6.45, 7) is 3.19. The Hall–Kier alpha value is -1.66. The Morgan fingerprint density at radius 3 is 2.91 bits per heavy atom. The number of carbonyl (C=O) groups excluding carboxylic acids is 1. The van der Waals surface area contributed by atoms with E-state index in [0.717, 1.165) is 0 Å². The second kappa shape index (κ2) is 7.07. The van der Waals surface area contributed by atoms with Crippen molar-refractivity contribution < 1.29 is 24.1 Å². The number of hydrogen-bond acceptors (Lipinski definition) is 5. The number of allylic oxidation sites excluding steroid dienone is 1. The van der Waals surface area contributed by atoms with Crippen molar-refractivity contribution in [1.82, 2.24) is 0 Å². The zero-order valence-electron chi connectivity index (χ0n) is 12.4. The van der Waals surface area contributed by atoms with Crippen molar-refractivity contribution >= 4 is 17.6 Å². The number of esters is 1. The predicted molar refractivity (Wildman–Crippen MR) is 79.5 cm³/mol. The van der Waals surface area contributed by atoms with E-state index in [4.69, 9.17) is 25.8 Å². The SMILES string of the molecule is CC#CC#CC=C1OC2(CCC(OC(C)=O)CO2)C(O)C1Cl. The molecule has 2 aliphatic rings. The minimum absolute atomic E-state index is 0.153. The lowest BCUT2D eigenvalue weighted by Gasteiger charge is -2.37. The minimum Gasteiger partial charge on any atom is -0.461 e. The van der Waals surface area contributed by atoms with E-state index in [0.29, 0.717) is 18.6 Å². The first kappa shape index (κ1) is 16.7. The predicted octanol–water partition coefficient (Wildman–Crippen LogP) is 1.33. The normalized spacial score (nSPS) is 35.1. The van der Waals surface area contributed by atoms with E-state index in [1.54, 1.807) is 6.92 Å². The van der Waals surface area contributed by atoms with Crippen LogP contribution in [0.2, 0.25) is 0 Å². The third kappa shape index (κ3) is 3.56. The van der Waals surface area contributed by atoms with Gasteiger partial charge in [-0.2, -0.15) is 0 Å². The monoisotopic (exact) mass is 324 g/mol. The van der Waals surface area contributed by atoms with Crippen LogP contribution in [-0.4, -0.2) is 41.1 Å². The van der Waals surface area contributed by atoms with Crippen molar-refractivity contribution in [2.24, 2.45) is 0 Å². The third-order valence-electron chi connectivity index (χ3n) is 3.43. The fraction of sp³-hybridized carbons (Fsp3) is 0.562. The van der Waals surface area contributed by atoms with Crippen LogP contribution in [0.15, 0.2) is 11.8 Å². The second-order valence-electron chi connectivity index (χ2n) is 5.03. The molecule has 0 amide bonds. The van der Waals surface area contributed by atoms with E-state index in [2.05, 4.69) is 23.7 Å². The molecule has 2 saturated heterocycles. The molecule has 0 aromatic heterocycles. The van der Waals surface area contributed by atoms with Gasteiger partial charge in [0.15, 0.2) is 0 Å². The van der Waals surface area contributed by atoms with Crippen molar-refractivity contribution in [3.8, 4) is 23.7 Å². The lowest BCUT2D eigenvalue weighted by molar-refractivity contribution is -0.271. The van der Waals surface area contributed by atoms with E-state index >= 15 is 0 Å². The molecule has 0 aliphatic carbocycles. The molecule has 2 aliphatic heterocycles.